The molecule has 0 aliphatic carbocycles. The van der Waals surface area contributed by atoms with E-state index in [1.54, 1.807) is 12.1 Å². The van der Waals surface area contributed by atoms with Crippen LogP contribution in [-0.2, 0) is 13.2 Å². The highest BCUT2D eigenvalue weighted by Gasteiger charge is 2.17. The van der Waals surface area contributed by atoms with Crippen molar-refractivity contribution in [2.45, 2.75) is 52.8 Å². The van der Waals surface area contributed by atoms with Crippen LogP contribution < -0.4 is 14.8 Å². The van der Waals surface area contributed by atoms with Crippen LogP contribution in [0.2, 0.25) is 10.0 Å². The first-order valence-electron chi connectivity index (χ1n) is 9.02. The molecule has 0 saturated carbocycles. The molecule has 0 spiro atoms. The summed E-state index contributed by atoms with van der Waals surface area (Å²) in [5, 5.41) is 4.76. The molecule has 6 heteroatoms. The molecule has 0 bridgehead atoms. The molecule has 0 aliphatic rings. The monoisotopic (exact) mass is 473 g/mol. The maximum atomic E-state index is 6.24. The second kappa shape index (κ2) is 10.0. The number of ether oxygens (including phenoxy) is 2. The first-order valence-corrected chi connectivity index (χ1v) is 10.6. The molecule has 0 aliphatic heterocycles. The summed E-state index contributed by atoms with van der Waals surface area (Å²) in [6, 6.07) is 9.35. The molecule has 2 rings (SSSR count). The average molecular weight is 475 g/mol. The van der Waals surface area contributed by atoms with Crippen LogP contribution in [-0.4, -0.2) is 12.1 Å². The van der Waals surface area contributed by atoms with Gasteiger partial charge in [0, 0.05) is 32.2 Å². The first-order chi connectivity index (χ1) is 12.8. The lowest BCUT2D eigenvalue weighted by Crippen LogP contribution is -2.37. The van der Waals surface area contributed by atoms with Crippen molar-refractivity contribution in [1.29, 1.82) is 0 Å². The summed E-state index contributed by atoms with van der Waals surface area (Å²) in [4.78, 5) is 0. The van der Waals surface area contributed by atoms with Gasteiger partial charge >= 0.3 is 0 Å². The molecule has 148 valence electrons. The Hall–Kier alpha value is -0.940. The zero-order valence-corrected chi connectivity index (χ0v) is 19.3. The Morgan fingerprint density at radius 1 is 1.00 bits per heavy atom. The summed E-state index contributed by atoms with van der Waals surface area (Å²) in [5.41, 5.74) is 2.07. The zero-order chi connectivity index (χ0) is 20.0. The molecule has 0 saturated heterocycles. The number of benzene rings is 2. The van der Waals surface area contributed by atoms with Crippen molar-refractivity contribution in [1.82, 2.24) is 5.32 Å². The summed E-state index contributed by atoms with van der Waals surface area (Å²) >= 11 is 15.8. The topological polar surface area (TPSA) is 30.5 Å². The second-order valence-corrected chi connectivity index (χ2v) is 8.64. The lowest BCUT2D eigenvalue weighted by atomic mass is 10.0. The van der Waals surface area contributed by atoms with Crippen LogP contribution in [0.3, 0.4) is 0 Å². The van der Waals surface area contributed by atoms with E-state index in [2.05, 4.69) is 42.0 Å². The first kappa shape index (κ1) is 22.4. The normalized spacial score (nSPS) is 11.5. The van der Waals surface area contributed by atoms with Crippen molar-refractivity contribution in [2.75, 3.05) is 6.61 Å². The van der Waals surface area contributed by atoms with Crippen molar-refractivity contribution in [3.05, 3.63) is 56.0 Å². The summed E-state index contributed by atoms with van der Waals surface area (Å²) in [6.07, 6.45) is 1.05. The lowest BCUT2D eigenvalue weighted by molar-refractivity contribution is 0.268. The predicted molar refractivity (Wildman–Crippen MR) is 117 cm³/mol. The van der Waals surface area contributed by atoms with E-state index in [0.29, 0.717) is 29.0 Å². The summed E-state index contributed by atoms with van der Waals surface area (Å²) in [6.45, 7) is 10.2. The van der Waals surface area contributed by atoms with E-state index < -0.39 is 0 Å². The van der Waals surface area contributed by atoms with Crippen molar-refractivity contribution in [2.24, 2.45) is 0 Å². The van der Waals surface area contributed by atoms with Crippen LogP contribution in [0.1, 0.15) is 45.2 Å². The van der Waals surface area contributed by atoms with Gasteiger partial charge in [-0.25, -0.2) is 0 Å². The summed E-state index contributed by atoms with van der Waals surface area (Å²) in [7, 11) is 0. The zero-order valence-electron chi connectivity index (χ0n) is 16.2. The molecule has 0 atom stereocenters. The molecule has 2 aromatic rings. The van der Waals surface area contributed by atoms with Gasteiger partial charge in [-0.2, -0.15) is 0 Å². The standard InChI is InChI=1S/C21H26BrCl2NO2/c1-5-21(3,4)25-12-15-9-19(26-6-2)20(11-17(15)22)27-13-14-7-8-16(23)10-18(14)24/h7-11,25H,5-6,12-13H2,1-4H3. The second-order valence-electron chi connectivity index (χ2n) is 6.94. The van der Waals surface area contributed by atoms with Crippen LogP contribution in [0.25, 0.3) is 0 Å². The minimum Gasteiger partial charge on any atom is -0.490 e. The molecule has 0 amide bonds. The van der Waals surface area contributed by atoms with Crippen molar-refractivity contribution >= 4 is 39.1 Å². The molecular weight excluding hydrogens is 449 g/mol. The molecule has 0 heterocycles. The number of nitrogens with one attached hydrogen (secondary N) is 1. The average Bonchev–Trinajstić information content (AvgIpc) is 2.62. The van der Waals surface area contributed by atoms with E-state index in [-0.39, 0.29) is 5.54 Å². The quantitative estimate of drug-likeness (QED) is 0.423. The van der Waals surface area contributed by atoms with Crippen LogP contribution in [0.15, 0.2) is 34.8 Å². The lowest BCUT2D eigenvalue weighted by Gasteiger charge is -2.25. The van der Waals surface area contributed by atoms with E-state index >= 15 is 0 Å². The van der Waals surface area contributed by atoms with Crippen molar-refractivity contribution in [3.63, 3.8) is 0 Å². The fourth-order valence-corrected chi connectivity index (χ4v) is 3.27. The molecule has 0 aromatic heterocycles. The molecule has 3 nitrogen and oxygen atoms in total. The minimum absolute atomic E-state index is 0.0751. The molecule has 27 heavy (non-hydrogen) atoms. The van der Waals surface area contributed by atoms with Crippen LogP contribution in [0.5, 0.6) is 11.5 Å². The Kier molecular flexibility index (Phi) is 8.29. The number of halogens is 3. The minimum atomic E-state index is 0.0751. The van der Waals surface area contributed by atoms with E-state index in [1.807, 2.05) is 25.1 Å². The molecular formula is C21H26BrCl2NO2. The SMILES string of the molecule is CCOc1cc(CNC(C)(C)CC)c(Br)cc1OCc1ccc(Cl)cc1Cl. The van der Waals surface area contributed by atoms with E-state index in [9.17, 15) is 0 Å². The molecule has 1 N–H and O–H groups in total. The van der Waals surface area contributed by atoms with Gasteiger partial charge in [0.2, 0.25) is 0 Å². The maximum Gasteiger partial charge on any atom is 0.162 e. The largest absolute Gasteiger partial charge is 0.490 e. The van der Waals surface area contributed by atoms with Gasteiger partial charge in [-0.1, -0.05) is 52.1 Å². The van der Waals surface area contributed by atoms with Gasteiger partial charge in [-0.15, -0.1) is 0 Å². The fraction of sp³-hybridized carbons (Fsp3) is 0.429. The van der Waals surface area contributed by atoms with Crippen molar-refractivity contribution in [3.8, 4) is 11.5 Å². The smallest absolute Gasteiger partial charge is 0.162 e. The maximum absolute atomic E-state index is 6.24. The summed E-state index contributed by atoms with van der Waals surface area (Å²) < 4.78 is 12.8. The Morgan fingerprint density at radius 2 is 1.70 bits per heavy atom. The molecule has 0 unspecified atom stereocenters. The van der Waals surface area contributed by atoms with Crippen molar-refractivity contribution < 1.29 is 9.47 Å². The number of rotatable bonds is 9. The van der Waals surface area contributed by atoms with E-state index in [1.165, 1.54) is 0 Å². The third kappa shape index (κ3) is 6.56. The van der Waals surface area contributed by atoms with E-state index in [4.69, 9.17) is 32.7 Å². The Bertz CT molecular complexity index is 781. The Morgan fingerprint density at radius 3 is 2.33 bits per heavy atom. The predicted octanol–water partition coefficient (Wildman–Crippen LogP) is 7.01. The van der Waals surface area contributed by atoms with Gasteiger partial charge in [-0.05, 0) is 57.0 Å². The highest BCUT2D eigenvalue weighted by molar-refractivity contribution is 9.10. The third-order valence-electron chi connectivity index (χ3n) is 4.45. The summed E-state index contributed by atoms with van der Waals surface area (Å²) in [5.74, 6) is 1.39. The Balaban J connectivity index is 2.19. The van der Waals surface area contributed by atoms with Crippen LogP contribution in [0.4, 0.5) is 0 Å². The number of hydrogen-bond acceptors (Lipinski definition) is 3. The van der Waals surface area contributed by atoms with Crippen LogP contribution in [0, 0.1) is 0 Å². The fourth-order valence-electron chi connectivity index (χ4n) is 2.35. The highest BCUT2D eigenvalue weighted by atomic mass is 79.9. The Labute approximate surface area is 180 Å². The van der Waals surface area contributed by atoms with E-state index in [0.717, 1.165) is 34.3 Å². The third-order valence-corrected chi connectivity index (χ3v) is 5.78. The van der Waals surface area contributed by atoms with Gasteiger partial charge < -0.3 is 14.8 Å². The number of hydrogen-bond donors (Lipinski definition) is 1. The highest BCUT2D eigenvalue weighted by Crippen LogP contribution is 2.35. The molecule has 2 aromatic carbocycles. The molecule has 0 radical (unpaired) electrons. The molecule has 0 fully saturated rings. The van der Waals surface area contributed by atoms with Gasteiger partial charge in [0.25, 0.3) is 0 Å². The van der Waals surface area contributed by atoms with Gasteiger partial charge in [0.1, 0.15) is 6.61 Å². The van der Waals surface area contributed by atoms with Gasteiger partial charge in [0.15, 0.2) is 11.5 Å². The van der Waals surface area contributed by atoms with Gasteiger partial charge in [0.05, 0.1) is 6.61 Å². The van der Waals surface area contributed by atoms with Gasteiger partial charge in [-0.3, -0.25) is 0 Å². The van der Waals surface area contributed by atoms with Crippen LogP contribution >= 0.6 is 39.1 Å².